The number of nitrogens with one attached hydrogen (secondary N) is 1. The van der Waals surface area contributed by atoms with Gasteiger partial charge in [-0.3, -0.25) is 0 Å². The molecule has 0 saturated carbocycles. The summed E-state index contributed by atoms with van der Waals surface area (Å²) >= 11 is 0. The number of carbonyl (C=O) groups is 1. The van der Waals surface area contributed by atoms with Crippen LogP contribution in [0.5, 0.6) is 0 Å². The highest BCUT2D eigenvalue weighted by Crippen LogP contribution is 2.08. The van der Waals surface area contributed by atoms with Crippen molar-refractivity contribution in [3.8, 4) is 0 Å². The van der Waals surface area contributed by atoms with Gasteiger partial charge in [-0.1, -0.05) is 6.08 Å². The fourth-order valence-electron chi connectivity index (χ4n) is 1.58. The zero-order valence-electron chi connectivity index (χ0n) is 9.75. The molecule has 1 aliphatic heterocycles. The Balaban J connectivity index is 2.47. The standard InChI is InChI=1S/C11H20N2O2/c1-11(2,9-15-3)12-10(14)13-7-5-4-6-8-13/h5,7H,4,6,8-9H2,1-3H3,(H,12,14). The largest absolute Gasteiger partial charge is 0.382 e. The van der Waals surface area contributed by atoms with E-state index in [0.29, 0.717) is 6.61 Å². The normalized spacial score (nSPS) is 16.6. The molecule has 0 aromatic carbocycles. The van der Waals surface area contributed by atoms with Gasteiger partial charge >= 0.3 is 6.03 Å². The maximum Gasteiger partial charge on any atom is 0.321 e. The molecule has 86 valence electrons. The quantitative estimate of drug-likeness (QED) is 0.774. The maximum absolute atomic E-state index is 11.8. The zero-order chi connectivity index (χ0) is 11.3. The molecule has 0 fully saturated rings. The molecule has 1 heterocycles. The summed E-state index contributed by atoms with van der Waals surface area (Å²) in [6.45, 7) is 5.20. The van der Waals surface area contributed by atoms with E-state index in [2.05, 4.69) is 5.32 Å². The molecule has 0 aromatic rings. The minimum absolute atomic E-state index is 0.0481. The molecule has 0 unspecified atom stereocenters. The van der Waals surface area contributed by atoms with Gasteiger partial charge in [-0.2, -0.15) is 0 Å². The van der Waals surface area contributed by atoms with Crippen molar-refractivity contribution in [3.63, 3.8) is 0 Å². The Hall–Kier alpha value is -1.03. The summed E-state index contributed by atoms with van der Waals surface area (Å²) in [4.78, 5) is 13.5. The highest BCUT2D eigenvalue weighted by molar-refractivity contribution is 5.76. The van der Waals surface area contributed by atoms with Gasteiger partial charge < -0.3 is 15.0 Å². The van der Waals surface area contributed by atoms with Crippen LogP contribution in [0, 0.1) is 0 Å². The molecule has 0 saturated heterocycles. The Kier molecular flexibility index (Phi) is 4.15. The lowest BCUT2D eigenvalue weighted by atomic mass is 10.1. The van der Waals surface area contributed by atoms with Crippen molar-refractivity contribution < 1.29 is 9.53 Å². The summed E-state index contributed by atoms with van der Waals surface area (Å²) in [5.74, 6) is 0. The Morgan fingerprint density at radius 2 is 2.33 bits per heavy atom. The summed E-state index contributed by atoms with van der Waals surface area (Å²) in [5, 5.41) is 2.94. The number of allylic oxidation sites excluding steroid dienone is 1. The lowest BCUT2D eigenvalue weighted by Crippen LogP contribution is -2.51. The Morgan fingerprint density at radius 3 is 2.87 bits per heavy atom. The van der Waals surface area contributed by atoms with Crippen molar-refractivity contribution in [2.45, 2.75) is 32.2 Å². The van der Waals surface area contributed by atoms with Gasteiger partial charge in [0, 0.05) is 19.9 Å². The molecule has 2 amide bonds. The van der Waals surface area contributed by atoms with Crippen LogP contribution in [0.2, 0.25) is 0 Å². The fourth-order valence-corrected chi connectivity index (χ4v) is 1.58. The predicted molar refractivity (Wildman–Crippen MR) is 59.6 cm³/mol. The Bertz CT molecular complexity index is 249. The molecule has 0 atom stereocenters. The van der Waals surface area contributed by atoms with Crippen molar-refractivity contribution >= 4 is 6.03 Å². The average Bonchev–Trinajstić information content (AvgIpc) is 2.18. The monoisotopic (exact) mass is 212 g/mol. The van der Waals surface area contributed by atoms with E-state index in [1.54, 1.807) is 12.0 Å². The van der Waals surface area contributed by atoms with Crippen LogP contribution in [0.4, 0.5) is 4.79 Å². The van der Waals surface area contributed by atoms with Crippen LogP contribution in [-0.2, 0) is 4.74 Å². The van der Waals surface area contributed by atoms with Gasteiger partial charge in [0.25, 0.3) is 0 Å². The molecule has 1 N–H and O–H groups in total. The molecule has 0 bridgehead atoms. The number of methoxy groups -OCH3 is 1. The van der Waals surface area contributed by atoms with Crippen LogP contribution in [0.1, 0.15) is 26.7 Å². The number of hydrogen-bond donors (Lipinski definition) is 1. The van der Waals surface area contributed by atoms with Gasteiger partial charge in [0.05, 0.1) is 12.1 Å². The molecule has 1 rings (SSSR count). The van der Waals surface area contributed by atoms with Crippen LogP contribution < -0.4 is 5.32 Å². The molecule has 0 radical (unpaired) electrons. The zero-order valence-corrected chi connectivity index (χ0v) is 9.75. The van der Waals surface area contributed by atoms with Gasteiger partial charge in [0.15, 0.2) is 0 Å². The van der Waals surface area contributed by atoms with Gasteiger partial charge in [0.2, 0.25) is 0 Å². The van der Waals surface area contributed by atoms with E-state index in [-0.39, 0.29) is 11.6 Å². The molecule has 15 heavy (non-hydrogen) atoms. The molecule has 0 aromatic heterocycles. The topological polar surface area (TPSA) is 41.6 Å². The number of hydrogen-bond acceptors (Lipinski definition) is 2. The predicted octanol–water partition coefficient (Wildman–Crippen LogP) is 1.73. The van der Waals surface area contributed by atoms with Crippen molar-refractivity contribution in [1.29, 1.82) is 0 Å². The number of rotatable bonds is 3. The van der Waals surface area contributed by atoms with Crippen LogP contribution in [0.3, 0.4) is 0 Å². The SMILES string of the molecule is COCC(C)(C)NC(=O)N1C=CCCC1. The van der Waals surface area contributed by atoms with Gasteiger partial charge in [-0.05, 0) is 26.7 Å². The van der Waals surface area contributed by atoms with Crippen LogP contribution in [-0.4, -0.2) is 36.7 Å². The first kappa shape index (κ1) is 12.0. The van der Waals surface area contributed by atoms with Gasteiger partial charge in [-0.25, -0.2) is 4.79 Å². The first-order valence-electron chi connectivity index (χ1n) is 5.29. The highest BCUT2D eigenvalue weighted by atomic mass is 16.5. The molecule has 0 spiro atoms. The number of nitrogens with zero attached hydrogens (tertiary/aromatic N) is 1. The first-order valence-corrected chi connectivity index (χ1v) is 5.29. The third-order valence-electron chi connectivity index (χ3n) is 2.27. The number of urea groups is 1. The molecular formula is C11H20N2O2. The fraction of sp³-hybridized carbons (Fsp3) is 0.727. The van der Waals surface area contributed by atoms with Crippen molar-refractivity contribution in [2.24, 2.45) is 0 Å². The van der Waals surface area contributed by atoms with E-state index < -0.39 is 0 Å². The maximum atomic E-state index is 11.8. The van der Waals surface area contributed by atoms with Crippen LogP contribution in [0.15, 0.2) is 12.3 Å². The van der Waals surface area contributed by atoms with Crippen LogP contribution >= 0.6 is 0 Å². The third-order valence-corrected chi connectivity index (χ3v) is 2.27. The van der Waals surface area contributed by atoms with Gasteiger partial charge in [0.1, 0.15) is 0 Å². The van der Waals surface area contributed by atoms with Crippen LogP contribution in [0.25, 0.3) is 0 Å². The van der Waals surface area contributed by atoms with E-state index in [9.17, 15) is 4.79 Å². The minimum Gasteiger partial charge on any atom is -0.382 e. The van der Waals surface area contributed by atoms with Gasteiger partial charge in [-0.15, -0.1) is 0 Å². The summed E-state index contributed by atoms with van der Waals surface area (Å²) < 4.78 is 5.04. The molecule has 1 aliphatic rings. The summed E-state index contributed by atoms with van der Waals surface area (Å²) in [6.07, 6.45) is 5.97. The second kappa shape index (κ2) is 5.16. The smallest absolute Gasteiger partial charge is 0.321 e. The minimum atomic E-state index is -0.322. The van der Waals surface area contributed by atoms with E-state index in [0.717, 1.165) is 19.4 Å². The lowest BCUT2D eigenvalue weighted by Gasteiger charge is -2.29. The first-order chi connectivity index (χ1) is 7.05. The Labute approximate surface area is 91.3 Å². The highest BCUT2D eigenvalue weighted by Gasteiger charge is 2.23. The molecular weight excluding hydrogens is 192 g/mol. The van der Waals surface area contributed by atoms with E-state index in [4.69, 9.17) is 4.74 Å². The molecule has 4 nitrogen and oxygen atoms in total. The summed E-state index contributed by atoms with van der Waals surface area (Å²) in [6, 6.07) is -0.0481. The summed E-state index contributed by atoms with van der Waals surface area (Å²) in [7, 11) is 1.63. The molecule has 4 heteroatoms. The molecule has 0 aliphatic carbocycles. The second-order valence-corrected chi connectivity index (χ2v) is 4.47. The number of amides is 2. The third kappa shape index (κ3) is 3.91. The number of carbonyl (C=O) groups excluding carboxylic acids is 1. The Morgan fingerprint density at radius 1 is 1.60 bits per heavy atom. The van der Waals surface area contributed by atoms with Crippen molar-refractivity contribution in [3.05, 3.63) is 12.3 Å². The number of ether oxygens (including phenoxy) is 1. The second-order valence-electron chi connectivity index (χ2n) is 4.47. The van der Waals surface area contributed by atoms with E-state index in [1.807, 2.05) is 26.1 Å². The summed E-state index contributed by atoms with van der Waals surface area (Å²) in [5.41, 5.74) is -0.322. The average molecular weight is 212 g/mol. The van der Waals surface area contributed by atoms with Crippen molar-refractivity contribution in [2.75, 3.05) is 20.3 Å². The van der Waals surface area contributed by atoms with E-state index >= 15 is 0 Å². The van der Waals surface area contributed by atoms with Crippen molar-refractivity contribution in [1.82, 2.24) is 10.2 Å². The van der Waals surface area contributed by atoms with E-state index in [1.165, 1.54) is 0 Å². The lowest BCUT2D eigenvalue weighted by molar-refractivity contribution is 0.126.